The molecule has 0 aliphatic rings. The minimum atomic E-state index is -1.20. The standard InChI is InChI=1S/C9H10O6S/c1-3-5-13-7(10)15-9(12)16-8(11)14-6-4-2/h3-4H,1-2,5-6H2. The van der Waals surface area contributed by atoms with Crippen LogP contribution in [-0.4, -0.2) is 30.0 Å². The molecule has 0 atom stereocenters. The number of hydrogen-bond acceptors (Lipinski definition) is 7. The lowest BCUT2D eigenvalue weighted by atomic mass is 10.7. The maximum atomic E-state index is 10.9. The molecule has 0 aromatic carbocycles. The van der Waals surface area contributed by atoms with Crippen molar-refractivity contribution >= 4 is 28.5 Å². The predicted octanol–water partition coefficient (Wildman–Crippen LogP) is 2.50. The molecule has 6 nitrogen and oxygen atoms in total. The summed E-state index contributed by atoms with van der Waals surface area (Å²) in [5.41, 5.74) is 0. The van der Waals surface area contributed by atoms with E-state index in [2.05, 4.69) is 27.4 Å². The van der Waals surface area contributed by atoms with Crippen molar-refractivity contribution in [3.63, 3.8) is 0 Å². The Morgan fingerprint density at radius 1 is 1.00 bits per heavy atom. The van der Waals surface area contributed by atoms with Crippen LogP contribution in [0, 0.1) is 0 Å². The summed E-state index contributed by atoms with van der Waals surface area (Å²) in [5, 5.41) is -2.01. The minimum Gasteiger partial charge on any atom is -0.453 e. The predicted molar refractivity (Wildman–Crippen MR) is 57.2 cm³/mol. The van der Waals surface area contributed by atoms with Crippen LogP contribution >= 0.6 is 11.8 Å². The maximum Gasteiger partial charge on any atom is 0.517 e. The first-order valence-electron chi connectivity index (χ1n) is 4.05. The van der Waals surface area contributed by atoms with Crippen LogP contribution in [0.2, 0.25) is 0 Å². The van der Waals surface area contributed by atoms with Crippen molar-refractivity contribution in [3.05, 3.63) is 25.3 Å². The Morgan fingerprint density at radius 2 is 1.56 bits per heavy atom. The van der Waals surface area contributed by atoms with Crippen molar-refractivity contribution < 1.29 is 28.6 Å². The Labute approximate surface area is 96.2 Å². The van der Waals surface area contributed by atoms with Crippen LogP contribution in [0.25, 0.3) is 0 Å². The van der Waals surface area contributed by atoms with Gasteiger partial charge in [-0.1, -0.05) is 25.3 Å². The number of thioether (sulfide) groups is 1. The van der Waals surface area contributed by atoms with Crippen LogP contribution in [0.5, 0.6) is 0 Å². The highest BCUT2D eigenvalue weighted by atomic mass is 32.2. The molecule has 0 fully saturated rings. The first-order chi connectivity index (χ1) is 7.60. The van der Waals surface area contributed by atoms with Gasteiger partial charge in [0.25, 0.3) is 0 Å². The van der Waals surface area contributed by atoms with Crippen LogP contribution in [-0.2, 0) is 14.2 Å². The van der Waals surface area contributed by atoms with Crippen molar-refractivity contribution in [1.82, 2.24) is 0 Å². The van der Waals surface area contributed by atoms with Crippen LogP contribution < -0.4 is 0 Å². The number of carbonyl (C=O) groups excluding carboxylic acids is 3. The second kappa shape index (κ2) is 8.54. The molecule has 7 heteroatoms. The molecular weight excluding hydrogens is 236 g/mol. The van der Waals surface area contributed by atoms with Crippen molar-refractivity contribution in [2.24, 2.45) is 0 Å². The fourth-order valence-corrected chi connectivity index (χ4v) is 0.843. The zero-order valence-electron chi connectivity index (χ0n) is 8.34. The largest absolute Gasteiger partial charge is 0.517 e. The molecule has 0 N–H and O–H groups in total. The molecule has 88 valence electrons. The Bertz CT molecular complexity index is 270. The molecule has 0 spiro atoms. The SMILES string of the molecule is C=CCOC(=O)OC(=O)SC(=O)OCC=C. The van der Waals surface area contributed by atoms with E-state index in [0.717, 1.165) is 0 Å². The summed E-state index contributed by atoms with van der Waals surface area (Å²) in [4.78, 5) is 32.4. The van der Waals surface area contributed by atoms with E-state index >= 15 is 0 Å². The summed E-state index contributed by atoms with van der Waals surface area (Å²) < 4.78 is 12.9. The van der Waals surface area contributed by atoms with E-state index in [1.54, 1.807) is 0 Å². The lowest BCUT2D eigenvalue weighted by Gasteiger charge is -2.01. The van der Waals surface area contributed by atoms with Gasteiger partial charge in [-0.25, -0.2) is 14.4 Å². The smallest absolute Gasteiger partial charge is 0.453 e. The molecule has 0 saturated heterocycles. The molecule has 0 aliphatic heterocycles. The zero-order valence-corrected chi connectivity index (χ0v) is 9.16. The molecule has 16 heavy (non-hydrogen) atoms. The molecule has 0 radical (unpaired) electrons. The Kier molecular flexibility index (Phi) is 7.60. The molecule has 0 aromatic rings. The monoisotopic (exact) mass is 246 g/mol. The number of hydrogen-bond donors (Lipinski definition) is 0. The van der Waals surface area contributed by atoms with Crippen molar-refractivity contribution in [3.8, 4) is 0 Å². The van der Waals surface area contributed by atoms with Crippen molar-refractivity contribution in [2.45, 2.75) is 0 Å². The van der Waals surface area contributed by atoms with Gasteiger partial charge in [-0.05, 0) is 0 Å². The average molecular weight is 246 g/mol. The first kappa shape index (κ1) is 14.2. The average Bonchev–Trinajstić information content (AvgIpc) is 2.23. The minimum absolute atomic E-state index is 0.0278. The third-order valence-electron chi connectivity index (χ3n) is 0.971. The number of carbonyl (C=O) groups is 3. The second-order valence-electron chi connectivity index (χ2n) is 2.15. The van der Waals surface area contributed by atoms with Gasteiger partial charge in [0, 0.05) is 0 Å². The summed E-state index contributed by atoms with van der Waals surface area (Å²) in [6.45, 7) is 6.48. The molecule has 0 amide bonds. The number of rotatable bonds is 4. The lowest BCUT2D eigenvalue weighted by Crippen LogP contribution is -2.12. The molecule has 0 unspecified atom stereocenters. The van der Waals surface area contributed by atoms with Gasteiger partial charge < -0.3 is 14.2 Å². The quantitative estimate of drug-likeness (QED) is 0.428. The normalized spacial score (nSPS) is 8.75. The van der Waals surface area contributed by atoms with E-state index in [4.69, 9.17) is 0 Å². The topological polar surface area (TPSA) is 78.9 Å². The van der Waals surface area contributed by atoms with Gasteiger partial charge in [-0.3, -0.25) is 0 Å². The molecular formula is C9H10O6S. The molecule has 0 saturated carbocycles. The molecule has 0 aliphatic carbocycles. The summed E-state index contributed by atoms with van der Waals surface area (Å²) in [7, 11) is 0. The lowest BCUT2D eigenvalue weighted by molar-refractivity contribution is 0.0923. The third kappa shape index (κ3) is 7.63. The summed E-state index contributed by atoms with van der Waals surface area (Å²) in [6, 6.07) is 0. The Hall–Kier alpha value is -1.76. The van der Waals surface area contributed by atoms with Crippen molar-refractivity contribution in [2.75, 3.05) is 13.2 Å². The summed E-state index contributed by atoms with van der Waals surface area (Å²) in [5.74, 6) is 0. The number of ether oxygens (including phenoxy) is 3. The van der Waals surface area contributed by atoms with Gasteiger partial charge in [0.15, 0.2) is 0 Å². The highest BCUT2D eigenvalue weighted by Gasteiger charge is 2.17. The van der Waals surface area contributed by atoms with E-state index in [9.17, 15) is 14.4 Å². The van der Waals surface area contributed by atoms with E-state index in [1.165, 1.54) is 12.2 Å². The van der Waals surface area contributed by atoms with E-state index in [1.807, 2.05) is 0 Å². The summed E-state index contributed by atoms with van der Waals surface area (Å²) >= 11 is 0.105. The van der Waals surface area contributed by atoms with Gasteiger partial charge >= 0.3 is 16.8 Å². The fraction of sp³-hybridized carbons (Fsp3) is 0.222. The van der Waals surface area contributed by atoms with Crippen molar-refractivity contribution in [1.29, 1.82) is 0 Å². The third-order valence-corrected chi connectivity index (χ3v) is 1.51. The second-order valence-corrected chi connectivity index (χ2v) is 3.02. The molecule has 0 rings (SSSR count). The first-order valence-corrected chi connectivity index (χ1v) is 4.86. The van der Waals surface area contributed by atoms with Gasteiger partial charge in [-0.2, -0.15) is 0 Å². The summed E-state index contributed by atoms with van der Waals surface area (Å²) in [6.07, 6.45) is 1.44. The van der Waals surface area contributed by atoms with E-state index in [-0.39, 0.29) is 25.0 Å². The van der Waals surface area contributed by atoms with Crippen LogP contribution in [0.4, 0.5) is 14.4 Å². The van der Waals surface area contributed by atoms with Crippen LogP contribution in [0.3, 0.4) is 0 Å². The van der Waals surface area contributed by atoms with Gasteiger partial charge in [-0.15, -0.1) is 0 Å². The van der Waals surface area contributed by atoms with E-state index in [0.29, 0.717) is 0 Å². The van der Waals surface area contributed by atoms with Crippen LogP contribution in [0.1, 0.15) is 0 Å². The van der Waals surface area contributed by atoms with Gasteiger partial charge in [0.2, 0.25) is 0 Å². The van der Waals surface area contributed by atoms with Gasteiger partial charge in [0.05, 0.1) is 11.8 Å². The molecule has 0 heterocycles. The zero-order chi connectivity index (χ0) is 12.4. The van der Waals surface area contributed by atoms with Crippen LogP contribution in [0.15, 0.2) is 25.3 Å². The molecule has 0 bridgehead atoms. The Balaban J connectivity index is 3.80. The van der Waals surface area contributed by atoms with E-state index < -0.39 is 16.8 Å². The maximum absolute atomic E-state index is 10.9. The Morgan fingerprint density at radius 3 is 2.12 bits per heavy atom. The fourth-order valence-electron chi connectivity index (χ4n) is 0.470. The molecule has 0 aromatic heterocycles. The highest BCUT2D eigenvalue weighted by molar-refractivity contribution is 8.25. The highest BCUT2D eigenvalue weighted by Crippen LogP contribution is 2.09. The van der Waals surface area contributed by atoms with Gasteiger partial charge in [0.1, 0.15) is 13.2 Å².